The average molecular weight is 515 g/mol. The molecular weight excluding hydrogens is 484 g/mol. The van der Waals surface area contributed by atoms with Crippen LogP contribution in [0.1, 0.15) is 27.0 Å². The third-order valence-electron chi connectivity index (χ3n) is 5.97. The number of ether oxygens (including phenoxy) is 1. The van der Waals surface area contributed by atoms with Crippen LogP contribution < -0.4 is 9.46 Å². The van der Waals surface area contributed by atoms with Gasteiger partial charge in [-0.3, -0.25) is 4.79 Å². The first-order chi connectivity index (χ1) is 18.0. The standard InChI is InChI=1S/C30H30N2O4S/c1-36-28-18-17-27(21-29(28)37(34,35)31-20-19-24-11-5-2-6-12-24)30(33)32(22-25-13-7-3-8-14-25)23-26-15-9-4-10-16-26/h2-18,21,31H,19-20,22-23H2,1H3. The summed E-state index contributed by atoms with van der Waals surface area (Å²) in [7, 11) is -2.50. The Balaban J connectivity index is 1.59. The van der Waals surface area contributed by atoms with Crippen molar-refractivity contribution in [3.63, 3.8) is 0 Å². The second kappa shape index (κ2) is 12.3. The molecule has 7 heteroatoms. The van der Waals surface area contributed by atoms with Gasteiger partial charge in [0.2, 0.25) is 10.0 Å². The zero-order valence-corrected chi connectivity index (χ0v) is 21.5. The van der Waals surface area contributed by atoms with Crippen LogP contribution in [0.3, 0.4) is 0 Å². The molecular formula is C30H30N2O4S. The lowest BCUT2D eigenvalue weighted by Gasteiger charge is -2.24. The van der Waals surface area contributed by atoms with Crippen LogP contribution in [0.25, 0.3) is 0 Å². The second-order valence-electron chi connectivity index (χ2n) is 8.63. The summed E-state index contributed by atoms with van der Waals surface area (Å²) in [5.41, 5.74) is 3.26. The van der Waals surface area contributed by atoms with E-state index in [1.54, 1.807) is 11.0 Å². The molecule has 0 saturated carbocycles. The van der Waals surface area contributed by atoms with Gasteiger partial charge >= 0.3 is 0 Å². The topological polar surface area (TPSA) is 75.7 Å². The van der Waals surface area contributed by atoms with Gasteiger partial charge in [-0.15, -0.1) is 0 Å². The number of benzene rings is 4. The van der Waals surface area contributed by atoms with E-state index in [0.717, 1.165) is 16.7 Å². The van der Waals surface area contributed by atoms with Gasteiger partial charge in [0.05, 0.1) is 7.11 Å². The molecule has 0 spiro atoms. The Morgan fingerprint density at radius 3 is 1.78 bits per heavy atom. The smallest absolute Gasteiger partial charge is 0.254 e. The summed E-state index contributed by atoms with van der Waals surface area (Å²) in [5, 5.41) is 0. The minimum Gasteiger partial charge on any atom is -0.495 e. The Hall–Kier alpha value is -3.94. The van der Waals surface area contributed by atoms with E-state index in [2.05, 4.69) is 4.72 Å². The fourth-order valence-corrected chi connectivity index (χ4v) is 5.29. The summed E-state index contributed by atoms with van der Waals surface area (Å²) in [6.45, 7) is 0.998. The van der Waals surface area contributed by atoms with Gasteiger partial charge in [0, 0.05) is 25.2 Å². The van der Waals surface area contributed by atoms with Gasteiger partial charge in [0.1, 0.15) is 10.6 Å². The quantitative estimate of drug-likeness (QED) is 0.304. The van der Waals surface area contributed by atoms with E-state index >= 15 is 0 Å². The fourth-order valence-electron chi connectivity index (χ4n) is 4.06. The maximum absolute atomic E-state index is 13.7. The van der Waals surface area contributed by atoms with Gasteiger partial charge in [0.25, 0.3) is 5.91 Å². The van der Waals surface area contributed by atoms with E-state index in [0.29, 0.717) is 19.5 Å². The molecule has 4 rings (SSSR count). The van der Waals surface area contributed by atoms with Crippen LogP contribution in [0.5, 0.6) is 5.75 Å². The van der Waals surface area contributed by atoms with Crippen molar-refractivity contribution in [3.05, 3.63) is 131 Å². The molecule has 6 nitrogen and oxygen atoms in total. The first kappa shape index (κ1) is 26.1. The highest BCUT2D eigenvalue weighted by Crippen LogP contribution is 2.26. The van der Waals surface area contributed by atoms with Crippen LogP contribution in [0.15, 0.2) is 114 Å². The first-order valence-electron chi connectivity index (χ1n) is 12.0. The summed E-state index contributed by atoms with van der Waals surface area (Å²) in [5.74, 6) is -0.0856. The van der Waals surface area contributed by atoms with Crippen molar-refractivity contribution in [1.29, 1.82) is 0 Å². The van der Waals surface area contributed by atoms with Gasteiger partial charge in [0.15, 0.2) is 0 Å². The van der Waals surface area contributed by atoms with Crippen molar-refractivity contribution in [2.24, 2.45) is 0 Å². The molecule has 0 unspecified atom stereocenters. The number of sulfonamides is 1. The van der Waals surface area contributed by atoms with E-state index in [9.17, 15) is 13.2 Å². The van der Waals surface area contributed by atoms with Crippen LogP contribution in [0.4, 0.5) is 0 Å². The highest BCUT2D eigenvalue weighted by Gasteiger charge is 2.24. The van der Waals surface area contributed by atoms with E-state index in [1.807, 2.05) is 91.0 Å². The van der Waals surface area contributed by atoms with Gasteiger partial charge in [-0.2, -0.15) is 0 Å². The lowest BCUT2D eigenvalue weighted by atomic mass is 10.1. The number of carbonyl (C=O) groups is 1. The van der Waals surface area contributed by atoms with Crippen molar-refractivity contribution in [1.82, 2.24) is 9.62 Å². The number of carbonyl (C=O) groups excluding carboxylic acids is 1. The Kier molecular flexibility index (Phi) is 8.72. The summed E-state index contributed by atoms with van der Waals surface area (Å²) in [6.07, 6.45) is 0.545. The van der Waals surface area contributed by atoms with Crippen LogP contribution in [-0.4, -0.2) is 32.9 Å². The summed E-state index contributed by atoms with van der Waals surface area (Å²) in [6, 6.07) is 33.6. The van der Waals surface area contributed by atoms with Gasteiger partial charge in [-0.1, -0.05) is 91.0 Å². The number of nitrogens with zero attached hydrogens (tertiary/aromatic N) is 1. The second-order valence-corrected chi connectivity index (χ2v) is 10.4. The molecule has 0 radical (unpaired) electrons. The Labute approximate surface area is 218 Å². The molecule has 0 aliphatic carbocycles. The van der Waals surface area contributed by atoms with Crippen molar-refractivity contribution >= 4 is 15.9 Å². The van der Waals surface area contributed by atoms with Crippen molar-refractivity contribution in [3.8, 4) is 5.75 Å². The number of methoxy groups -OCH3 is 1. The maximum atomic E-state index is 13.7. The van der Waals surface area contributed by atoms with Crippen LogP contribution >= 0.6 is 0 Å². The predicted molar refractivity (Wildman–Crippen MR) is 145 cm³/mol. The van der Waals surface area contributed by atoms with E-state index in [4.69, 9.17) is 4.74 Å². The summed E-state index contributed by atoms with van der Waals surface area (Å²) in [4.78, 5) is 15.4. The van der Waals surface area contributed by atoms with Crippen molar-refractivity contribution in [2.75, 3.05) is 13.7 Å². The molecule has 0 bridgehead atoms. The number of rotatable bonds is 11. The Bertz CT molecular complexity index is 1370. The third-order valence-corrected chi connectivity index (χ3v) is 7.45. The number of nitrogens with one attached hydrogen (secondary N) is 1. The number of hydrogen-bond donors (Lipinski definition) is 1. The van der Waals surface area contributed by atoms with Crippen LogP contribution in [0.2, 0.25) is 0 Å². The molecule has 37 heavy (non-hydrogen) atoms. The highest BCUT2D eigenvalue weighted by molar-refractivity contribution is 7.89. The molecule has 1 amide bonds. The maximum Gasteiger partial charge on any atom is 0.254 e. The molecule has 0 atom stereocenters. The van der Waals surface area contributed by atoms with E-state index in [1.165, 1.54) is 19.2 Å². The zero-order valence-electron chi connectivity index (χ0n) is 20.7. The molecule has 0 aliphatic rings. The zero-order chi connectivity index (χ0) is 26.1. The molecule has 1 N–H and O–H groups in total. The predicted octanol–water partition coefficient (Wildman–Crippen LogP) is 5.06. The van der Waals surface area contributed by atoms with E-state index in [-0.39, 0.29) is 28.7 Å². The molecule has 0 fully saturated rings. The van der Waals surface area contributed by atoms with Crippen molar-refractivity contribution in [2.45, 2.75) is 24.4 Å². The summed E-state index contributed by atoms with van der Waals surface area (Å²) < 4.78 is 34.4. The largest absolute Gasteiger partial charge is 0.495 e. The molecule has 0 saturated heterocycles. The molecule has 4 aromatic carbocycles. The molecule has 4 aromatic rings. The normalized spacial score (nSPS) is 11.2. The molecule has 0 aromatic heterocycles. The van der Waals surface area contributed by atoms with Gasteiger partial charge in [-0.05, 0) is 41.3 Å². The summed E-state index contributed by atoms with van der Waals surface area (Å²) >= 11 is 0. The first-order valence-corrected chi connectivity index (χ1v) is 13.5. The molecule has 190 valence electrons. The van der Waals surface area contributed by atoms with Crippen LogP contribution in [0, 0.1) is 0 Å². The lowest BCUT2D eigenvalue weighted by Crippen LogP contribution is -2.31. The highest BCUT2D eigenvalue weighted by atomic mass is 32.2. The third kappa shape index (κ3) is 7.06. The van der Waals surface area contributed by atoms with Gasteiger partial charge in [-0.25, -0.2) is 13.1 Å². The van der Waals surface area contributed by atoms with Crippen LogP contribution in [-0.2, 0) is 29.5 Å². The van der Waals surface area contributed by atoms with E-state index < -0.39 is 10.0 Å². The monoisotopic (exact) mass is 514 g/mol. The Morgan fingerprint density at radius 1 is 0.757 bits per heavy atom. The average Bonchev–Trinajstić information content (AvgIpc) is 2.93. The minimum atomic E-state index is -3.92. The molecule has 0 aliphatic heterocycles. The SMILES string of the molecule is COc1ccc(C(=O)N(Cc2ccccc2)Cc2ccccc2)cc1S(=O)(=O)NCCc1ccccc1. The minimum absolute atomic E-state index is 0.0618. The number of hydrogen-bond acceptors (Lipinski definition) is 4. The Morgan fingerprint density at radius 2 is 1.27 bits per heavy atom. The van der Waals surface area contributed by atoms with Gasteiger partial charge < -0.3 is 9.64 Å². The number of amides is 1. The fraction of sp³-hybridized carbons (Fsp3) is 0.167. The molecule has 0 heterocycles. The lowest BCUT2D eigenvalue weighted by molar-refractivity contribution is 0.0729. The van der Waals surface area contributed by atoms with Crippen molar-refractivity contribution < 1.29 is 17.9 Å².